The lowest BCUT2D eigenvalue weighted by molar-refractivity contribution is -0.137. The highest BCUT2D eigenvalue weighted by Crippen LogP contribution is 2.32. The Balaban J connectivity index is 3.48. The summed E-state index contributed by atoms with van der Waals surface area (Å²) in [5, 5.41) is 8.51. The molecule has 3 N–H and O–H groups in total. The van der Waals surface area contributed by atoms with Gasteiger partial charge in [0.1, 0.15) is 12.2 Å². The van der Waals surface area contributed by atoms with Crippen molar-refractivity contribution in [3.8, 4) is 0 Å². The molecule has 0 aliphatic heterocycles. The maximum absolute atomic E-state index is 12.5. The Hall–Kier alpha value is -1.99. The van der Waals surface area contributed by atoms with E-state index in [2.05, 4.69) is 0 Å². The van der Waals surface area contributed by atoms with E-state index in [-0.39, 0.29) is 5.69 Å². The molecule has 0 fully saturated rings. The molecule has 0 unspecified atom stereocenters. The van der Waals surface area contributed by atoms with Crippen molar-refractivity contribution in [1.29, 1.82) is 0 Å². The molecule has 94 valence electrons. The number of hydrogen-bond donors (Lipinski definition) is 2. The monoisotopic (exact) mass is 250 g/mol. The zero-order valence-corrected chi connectivity index (χ0v) is 8.71. The molecule has 0 amide bonds. The summed E-state index contributed by atoms with van der Waals surface area (Å²) in [6.07, 6.45) is -4.74. The maximum Gasteiger partial charge on any atom is 0.418 e. The van der Waals surface area contributed by atoms with E-state index in [9.17, 15) is 22.8 Å². The SMILES string of the molecule is Cc1cc(C(F)(F)F)c(N)c(=O)n1CC(=O)O. The van der Waals surface area contributed by atoms with E-state index in [1.807, 2.05) is 0 Å². The van der Waals surface area contributed by atoms with Gasteiger partial charge in [-0.05, 0) is 13.0 Å². The molecule has 0 saturated carbocycles. The molecule has 0 aliphatic carbocycles. The Labute approximate surface area is 93.3 Å². The number of nitrogens with zero attached hydrogens (tertiary/aromatic N) is 1. The molecule has 0 aromatic carbocycles. The van der Waals surface area contributed by atoms with Crippen LogP contribution in [0.4, 0.5) is 18.9 Å². The van der Waals surface area contributed by atoms with Crippen molar-refractivity contribution in [2.45, 2.75) is 19.6 Å². The van der Waals surface area contributed by atoms with Crippen LogP contribution in [0.15, 0.2) is 10.9 Å². The van der Waals surface area contributed by atoms with Crippen LogP contribution >= 0.6 is 0 Å². The molecule has 1 aromatic heterocycles. The Morgan fingerprint density at radius 1 is 1.53 bits per heavy atom. The number of halogens is 3. The Morgan fingerprint density at radius 3 is 2.47 bits per heavy atom. The summed E-state index contributed by atoms with van der Waals surface area (Å²) < 4.78 is 38.0. The summed E-state index contributed by atoms with van der Waals surface area (Å²) in [6, 6.07) is 0.652. The van der Waals surface area contributed by atoms with Crippen LogP contribution in [0.25, 0.3) is 0 Å². The number of carboxylic acids is 1. The molecule has 8 heteroatoms. The molecular formula is C9H9F3N2O3. The number of carboxylic acid groups (broad SMARTS) is 1. The molecule has 0 bridgehead atoms. The van der Waals surface area contributed by atoms with Gasteiger partial charge in [0, 0.05) is 5.69 Å². The highest BCUT2D eigenvalue weighted by molar-refractivity contribution is 5.67. The molecule has 17 heavy (non-hydrogen) atoms. The fourth-order valence-electron chi connectivity index (χ4n) is 1.35. The third-order valence-electron chi connectivity index (χ3n) is 2.14. The zero-order valence-electron chi connectivity index (χ0n) is 8.71. The fraction of sp³-hybridized carbons (Fsp3) is 0.333. The first kappa shape index (κ1) is 13.1. The topological polar surface area (TPSA) is 85.3 Å². The average molecular weight is 250 g/mol. The van der Waals surface area contributed by atoms with Gasteiger partial charge in [-0.2, -0.15) is 13.2 Å². The first-order chi connectivity index (χ1) is 7.64. The minimum absolute atomic E-state index is 0.112. The second kappa shape index (κ2) is 4.11. The van der Waals surface area contributed by atoms with Gasteiger partial charge >= 0.3 is 12.1 Å². The molecule has 1 heterocycles. The Bertz CT molecular complexity index is 519. The van der Waals surface area contributed by atoms with Gasteiger partial charge in [-0.1, -0.05) is 0 Å². The zero-order chi connectivity index (χ0) is 13.4. The van der Waals surface area contributed by atoms with Crippen LogP contribution in [0.3, 0.4) is 0 Å². The smallest absolute Gasteiger partial charge is 0.418 e. The second-order valence-corrected chi connectivity index (χ2v) is 3.40. The van der Waals surface area contributed by atoms with Gasteiger partial charge in [0.15, 0.2) is 0 Å². The van der Waals surface area contributed by atoms with Crippen molar-refractivity contribution in [2.75, 3.05) is 5.73 Å². The van der Waals surface area contributed by atoms with Crippen molar-refractivity contribution in [3.63, 3.8) is 0 Å². The van der Waals surface area contributed by atoms with Gasteiger partial charge < -0.3 is 10.8 Å². The highest BCUT2D eigenvalue weighted by Gasteiger charge is 2.35. The predicted octanol–water partition coefficient (Wildman–Crippen LogP) is 0.842. The van der Waals surface area contributed by atoms with Gasteiger partial charge in [-0.3, -0.25) is 14.2 Å². The summed E-state index contributed by atoms with van der Waals surface area (Å²) in [4.78, 5) is 21.9. The quantitative estimate of drug-likeness (QED) is 0.814. The minimum atomic E-state index is -4.74. The van der Waals surface area contributed by atoms with E-state index in [0.29, 0.717) is 10.6 Å². The van der Waals surface area contributed by atoms with Crippen molar-refractivity contribution in [1.82, 2.24) is 4.57 Å². The predicted molar refractivity (Wildman–Crippen MR) is 52.5 cm³/mol. The molecule has 1 rings (SSSR count). The average Bonchev–Trinajstić information content (AvgIpc) is 2.16. The van der Waals surface area contributed by atoms with E-state index >= 15 is 0 Å². The number of alkyl halides is 3. The number of nitrogen functional groups attached to an aromatic ring is 1. The van der Waals surface area contributed by atoms with Crippen molar-refractivity contribution in [3.05, 3.63) is 27.7 Å². The Kier molecular flexibility index (Phi) is 3.16. The van der Waals surface area contributed by atoms with E-state index in [0.717, 1.165) is 0 Å². The summed E-state index contributed by atoms with van der Waals surface area (Å²) in [5.41, 5.74) is 1.56. The highest BCUT2D eigenvalue weighted by atomic mass is 19.4. The maximum atomic E-state index is 12.5. The number of aryl methyl sites for hydroxylation is 1. The normalized spacial score (nSPS) is 11.5. The van der Waals surface area contributed by atoms with Crippen LogP contribution in [0.5, 0.6) is 0 Å². The summed E-state index contributed by atoms with van der Waals surface area (Å²) in [6.45, 7) is 0.478. The number of carbonyl (C=O) groups is 1. The van der Waals surface area contributed by atoms with E-state index in [1.54, 1.807) is 0 Å². The van der Waals surface area contributed by atoms with Gasteiger partial charge in [-0.25, -0.2) is 0 Å². The summed E-state index contributed by atoms with van der Waals surface area (Å²) in [7, 11) is 0. The molecule has 0 saturated heterocycles. The number of hydrogen-bond acceptors (Lipinski definition) is 3. The molecule has 1 aromatic rings. The van der Waals surface area contributed by atoms with Crippen LogP contribution in [0.2, 0.25) is 0 Å². The van der Waals surface area contributed by atoms with Crippen LogP contribution in [-0.4, -0.2) is 15.6 Å². The lowest BCUT2D eigenvalue weighted by Crippen LogP contribution is -2.30. The number of aromatic nitrogens is 1. The molecule has 0 atom stereocenters. The van der Waals surface area contributed by atoms with Crippen LogP contribution in [-0.2, 0) is 17.5 Å². The molecule has 5 nitrogen and oxygen atoms in total. The van der Waals surface area contributed by atoms with Crippen LogP contribution in [0, 0.1) is 6.92 Å². The molecular weight excluding hydrogens is 241 g/mol. The third-order valence-corrected chi connectivity index (χ3v) is 2.14. The second-order valence-electron chi connectivity index (χ2n) is 3.40. The van der Waals surface area contributed by atoms with Gasteiger partial charge in [0.25, 0.3) is 5.56 Å². The van der Waals surface area contributed by atoms with Crippen LogP contribution in [0.1, 0.15) is 11.3 Å². The number of pyridine rings is 1. The van der Waals surface area contributed by atoms with Crippen molar-refractivity contribution < 1.29 is 23.1 Å². The number of rotatable bonds is 2. The molecule has 0 aliphatic rings. The first-order valence-electron chi connectivity index (χ1n) is 4.43. The standard InChI is InChI=1S/C9H9F3N2O3/c1-4-2-5(9(10,11)12)7(13)8(17)14(4)3-6(15)16/h2H,3,13H2,1H3,(H,15,16). The van der Waals surface area contributed by atoms with Crippen molar-refractivity contribution in [2.24, 2.45) is 0 Å². The molecule has 0 radical (unpaired) electrons. The fourth-order valence-corrected chi connectivity index (χ4v) is 1.35. The van der Waals surface area contributed by atoms with Crippen LogP contribution < -0.4 is 11.3 Å². The first-order valence-corrected chi connectivity index (χ1v) is 4.43. The van der Waals surface area contributed by atoms with Gasteiger partial charge in [0.2, 0.25) is 0 Å². The van der Waals surface area contributed by atoms with Gasteiger partial charge in [0.05, 0.1) is 5.56 Å². The lowest BCUT2D eigenvalue weighted by Gasteiger charge is -2.14. The van der Waals surface area contributed by atoms with Gasteiger partial charge in [-0.15, -0.1) is 0 Å². The summed E-state index contributed by atoms with van der Waals surface area (Å²) >= 11 is 0. The van der Waals surface area contributed by atoms with E-state index in [4.69, 9.17) is 10.8 Å². The minimum Gasteiger partial charge on any atom is -0.480 e. The summed E-state index contributed by atoms with van der Waals surface area (Å²) in [5.74, 6) is -1.34. The largest absolute Gasteiger partial charge is 0.480 e. The molecule has 0 spiro atoms. The lowest BCUT2D eigenvalue weighted by atomic mass is 10.2. The van der Waals surface area contributed by atoms with Crippen molar-refractivity contribution >= 4 is 11.7 Å². The Morgan fingerprint density at radius 2 is 2.06 bits per heavy atom. The number of aliphatic carboxylic acids is 1. The van der Waals surface area contributed by atoms with E-state index < -0.39 is 35.5 Å². The number of nitrogens with two attached hydrogens (primary N) is 1. The third kappa shape index (κ3) is 2.58. The van der Waals surface area contributed by atoms with E-state index in [1.165, 1.54) is 6.92 Å². The number of anilines is 1.